The molecule has 0 radical (unpaired) electrons. The molecule has 282 valence electrons. The number of carbonyl (C=O) groups is 3. The van der Waals surface area contributed by atoms with Gasteiger partial charge in [-0.05, 0) is 39.2 Å². The molecule has 2 heterocycles. The maximum absolute atomic E-state index is 13.6. The van der Waals surface area contributed by atoms with Crippen molar-refractivity contribution in [2.45, 2.75) is 111 Å². The summed E-state index contributed by atoms with van der Waals surface area (Å²) >= 11 is 0. The second kappa shape index (κ2) is 19.4. The van der Waals surface area contributed by atoms with Gasteiger partial charge in [0.05, 0.1) is 25.4 Å². The zero-order valence-electron chi connectivity index (χ0n) is 31.3. The molecule has 2 aliphatic rings. The number of aliphatic hydroxyl groups excluding tert-OH is 2. The number of allylic oxidation sites excluding steroid dienone is 5. The van der Waals surface area contributed by atoms with Gasteiger partial charge in [0, 0.05) is 56.5 Å². The SMILES string of the molecule is CO/C1=C\C(C)=C\[C@@H](C)[C@@H](O)[C@@H](C)C/C(C)=C/C=C/[C@H](OC)[C@@H]([C@@H](C)[C@@H](O)[C@H](C)[C@@]2(OC)C[C@@H](OC(=O)/C=C/C(=O)O)[C@H](C)[C@@H](C)O2)OC1=O. The van der Waals surface area contributed by atoms with Gasteiger partial charge in [0.1, 0.15) is 18.3 Å². The molecule has 0 amide bonds. The number of carbonyl (C=O) groups excluding carboxylic acids is 2. The van der Waals surface area contributed by atoms with Crippen LogP contribution < -0.4 is 0 Å². The fraction of sp³-hybridized carbons (Fsp3) is 0.658. The summed E-state index contributed by atoms with van der Waals surface area (Å²) in [6.45, 7) is 14.8. The molecule has 0 unspecified atom stereocenters. The van der Waals surface area contributed by atoms with E-state index in [-0.39, 0.29) is 29.9 Å². The van der Waals surface area contributed by atoms with Gasteiger partial charge in [-0.1, -0.05) is 70.1 Å². The zero-order chi connectivity index (χ0) is 37.9. The number of carboxylic acid groups (broad SMARTS) is 1. The van der Waals surface area contributed by atoms with Crippen LogP contribution in [0.1, 0.15) is 68.2 Å². The van der Waals surface area contributed by atoms with E-state index in [0.717, 1.165) is 11.6 Å². The van der Waals surface area contributed by atoms with E-state index in [9.17, 15) is 24.6 Å². The van der Waals surface area contributed by atoms with Crippen molar-refractivity contribution in [3.8, 4) is 0 Å². The van der Waals surface area contributed by atoms with Crippen LogP contribution in [0.3, 0.4) is 0 Å². The van der Waals surface area contributed by atoms with Gasteiger partial charge in [0.2, 0.25) is 5.76 Å². The molecule has 0 aliphatic carbocycles. The Bertz CT molecular complexity index is 1310. The average Bonchev–Trinajstić information content (AvgIpc) is 3.07. The molecule has 0 aromatic rings. The molecule has 12 atom stereocenters. The number of cyclic esters (lactones) is 1. The Kier molecular flexibility index (Phi) is 16.6. The van der Waals surface area contributed by atoms with Gasteiger partial charge in [-0.15, -0.1) is 0 Å². The van der Waals surface area contributed by atoms with Crippen molar-refractivity contribution in [2.75, 3.05) is 21.3 Å². The third-order valence-corrected chi connectivity index (χ3v) is 10.0. The van der Waals surface area contributed by atoms with Crippen LogP contribution in [0.5, 0.6) is 0 Å². The lowest BCUT2D eigenvalue weighted by Crippen LogP contribution is -2.59. The van der Waals surface area contributed by atoms with Crippen molar-refractivity contribution >= 4 is 17.9 Å². The molecule has 12 heteroatoms. The molecule has 12 nitrogen and oxygen atoms in total. The third kappa shape index (κ3) is 11.4. The van der Waals surface area contributed by atoms with Gasteiger partial charge >= 0.3 is 17.9 Å². The Hall–Kier alpha value is -3.29. The lowest BCUT2D eigenvalue weighted by atomic mass is 9.77. The number of aliphatic carboxylic acids is 1. The highest BCUT2D eigenvalue weighted by atomic mass is 16.7. The minimum atomic E-state index is -1.43. The van der Waals surface area contributed by atoms with E-state index in [1.165, 1.54) is 21.3 Å². The van der Waals surface area contributed by atoms with Crippen LogP contribution in [0.4, 0.5) is 0 Å². The summed E-state index contributed by atoms with van der Waals surface area (Å²) < 4.78 is 35.3. The largest absolute Gasteiger partial charge is 0.490 e. The summed E-state index contributed by atoms with van der Waals surface area (Å²) in [5, 5.41) is 31.8. The fourth-order valence-corrected chi connectivity index (χ4v) is 6.73. The smallest absolute Gasteiger partial charge is 0.373 e. The summed E-state index contributed by atoms with van der Waals surface area (Å²) in [7, 11) is 4.28. The second-order valence-electron chi connectivity index (χ2n) is 13.8. The number of rotatable bonds is 10. The monoisotopic (exact) mass is 706 g/mol. The molecule has 0 spiro atoms. The predicted molar refractivity (Wildman–Crippen MR) is 186 cm³/mol. The summed E-state index contributed by atoms with van der Waals surface area (Å²) in [5.74, 6) is -6.40. The number of hydrogen-bond donors (Lipinski definition) is 3. The van der Waals surface area contributed by atoms with E-state index in [2.05, 4.69) is 0 Å². The van der Waals surface area contributed by atoms with Crippen LogP contribution >= 0.6 is 0 Å². The number of aliphatic hydroxyl groups is 2. The van der Waals surface area contributed by atoms with Gasteiger partial charge < -0.3 is 43.7 Å². The molecular weight excluding hydrogens is 648 g/mol. The number of esters is 2. The van der Waals surface area contributed by atoms with E-state index < -0.39 is 72.2 Å². The molecule has 0 saturated carbocycles. The summed E-state index contributed by atoms with van der Waals surface area (Å²) in [4.78, 5) is 37.0. The first-order valence-electron chi connectivity index (χ1n) is 17.1. The Morgan fingerprint density at radius 3 is 2.32 bits per heavy atom. The maximum atomic E-state index is 13.6. The van der Waals surface area contributed by atoms with Crippen molar-refractivity contribution in [1.82, 2.24) is 0 Å². The van der Waals surface area contributed by atoms with Crippen LogP contribution in [-0.4, -0.2) is 97.0 Å². The minimum absolute atomic E-state index is 0.0322. The highest BCUT2D eigenvalue weighted by molar-refractivity contribution is 5.90. The lowest BCUT2D eigenvalue weighted by Gasteiger charge is -2.50. The average molecular weight is 707 g/mol. The molecule has 1 saturated heterocycles. The first-order chi connectivity index (χ1) is 23.4. The van der Waals surface area contributed by atoms with Gasteiger partial charge in [-0.25, -0.2) is 14.4 Å². The Balaban J connectivity index is 2.54. The minimum Gasteiger partial charge on any atom is -0.490 e. The normalized spacial score (nSPS) is 37.5. The number of hydrogen-bond acceptors (Lipinski definition) is 11. The van der Waals surface area contributed by atoms with Gasteiger partial charge in [-0.2, -0.15) is 0 Å². The van der Waals surface area contributed by atoms with Gasteiger partial charge in [-0.3, -0.25) is 0 Å². The zero-order valence-corrected chi connectivity index (χ0v) is 31.3. The van der Waals surface area contributed by atoms with Crippen LogP contribution in [-0.2, 0) is 42.8 Å². The highest BCUT2D eigenvalue weighted by Crippen LogP contribution is 2.43. The van der Waals surface area contributed by atoms with E-state index in [0.29, 0.717) is 18.1 Å². The van der Waals surface area contributed by atoms with Gasteiger partial charge in [0.15, 0.2) is 5.79 Å². The molecule has 0 aromatic heterocycles. The van der Waals surface area contributed by atoms with Crippen molar-refractivity contribution in [2.24, 2.45) is 29.6 Å². The van der Waals surface area contributed by atoms with Gasteiger partial charge in [0.25, 0.3) is 0 Å². The van der Waals surface area contributed by atoms with Crippen molar-refractivity contribution in [3.05, 3.63) is 59.4 Å². The molecule has 2 rings (SSSR count). The van der Waals surface area contributed by atoms with Crippen LogP contribution in [0.15, 0.2) is 59.4 Å². The molecule has 0 aromatic carbocycles. The van der Waals surface area contributed by atoms with Crippen LogP contribution in [0.2, 0.25) is 0 Å². The van der Waals surface area contributed by atoms with Crippen LogP contribution in [0, 0.1) is 29.6 Å². The van der Waals surface area contributed by atoms with E-state index in [1.807, 2.05) is 46.8 Å². The number of methoxy groups -OCH3 is 3. The first kappa shape index (κ1) is 42.9. The Labute approximate surface area is 296 Å². The summed E-state index contributed by atoms with van der Waals surface area (Å²) in [6, 6.07) is 0. The maximum Gasteiger partial charge on any atom is 0.373 e. The molecule has 0 bridgehead atoms. The summed E-state index contributed by atoms with van der Waals surface area (Å²) in [5.41, 5.74) is 1.74. The molecular formula is C38H58O12. The molecule has 1 fully saturated rings. The third-order valence-electron chi connectivity index (χ3n) is 10.0. The standard InChI is InChI=1S/C38H58O12/c1-21-13-12-14-29(45-9)36(49-37(44)30(46-10)19-22(2)18-24(4)34(42)23(3)17-21)26(6)35(43)27(7)38(47-11)20-31(25(5)28(8)50-38)48-33(41)16-15-32(39)40/h12-16,18-19,23-29,31,34-36,42-43H,17,20H2,1-11H3,(H,39,40)/b14-12+,16-15+,21-13+,22-18+,30-19-/t23-,24+,25+,26-,27-,28+,29-,31+,34-,35+,36+,38+/m0/s1. The first-order valence-corrected chi connectivity index (χ1v) is 17.1. The molecule has 2 aliphatic heterocycles. The highest BCUT2D eigenvalue weighted by Gasteiger charge is 2.53. The molecule has 50 heavy (non-hydrogen) atoms. The summed E-state index contributed by atoms with van der Waals surface area (Å²) in [6.07, 6.45) is 6.32. The van der Waals surface area contributed by atoms with Crippen LogP contribution in [0.25, 0.3) is 0 Å². The second-order valence-corrected chi connectivity index (χ2v) is 13.8. The van der Waals surface area contributed by atoms with Crippen molar-refractivity contribution in [1.29, 1.82) is 0 Å². The van der Waals surface area contributed by atoms with Crippen molar-refractivity contribution < 1.29 is 58.1 Å². The predicted octanol–water partition coefficient (Wildman–Crippen LogP) is 4.90. The number of carboxylic acids is 1. The lowest BCUT2D eigenvalue weighted by molar-refractivity contribution is -0.330. The Morgan fingerprint density at radius 2 is 1.74 bits per heavy atom. The molecule has 3 N–H and O–H groups in total. The number of ether oxygens (including phenoxy) is 6. The van der Waals surface area contributed by atoms with E-state index in [4.69, 9.17) is 33.5 Å². The Morgan fingerprint density at radius 1 is 1.08 bits per heavy atom. The fourth-order valence-electron chi connectivity index (χ4n) is 6.73. The van der Waals surface area contributed by atoms with Crippen molar-refractivity contribution in [3.63, 3.8) is 0 Å². The van der Waals surface area contributed by atoms with E-state index in [1.54, 1.807) is 39.0 Å². The topological polar surface area (TPSA) is 167 Å². The van der Waals surface area contributed by atoms with E-state index >= 15 is 0 Å². The quantitative estimate of drug-likeness (QED) is 0.208.